The number of oxime groups is 1. The maximum atomic E-state index is 13.0. The molecule has 0 saturated carbocycles. The average molecular weight is 706 g/mol. The third kappa shape index (κ3) is 6.53. The van der Waals surface area contributed by atoms with Crippen LogP contribution in [0.4, 0.5) is 5.13 Å². The summed E-state index contributed by atoms with van der Waals surface area (Å²) >= 11 is 8.00. The molecule has 0 saturated heterocycles. The summed E-state index contributed by atoms with van der Waals surface area (Å²) in [7, 11) is 0. The Morgan fingerprint density at radius 3 is 1.25 bits per heavy atom. The normalized spacial score (nSPS) is 11.9. The second-order valence-corrected chi connectivity index (χ2v) is 13.3. The molecule has 7 rings (SSSR count). The van der Waals surface area contributed by atoms with Crippen LogP contribution in [-0.2, 0) is 20.8 Å². The molecule has 0 aliphatic rings. The van der Waals surface area contributed by atoms with Gasteiger partial charge in [0.25, 0.3) is 0 Å². The van der Waals surface area contributed by atoms with E-state index in [0.717, 1.165) is 44.7 Å². The maximum Gasteiger partial charge on any atom is 0.360 e. The molecule has 2 N–H and O–H groups in total. The van der Waals surface area contributed by atoms with Crippen LogP contribution in [0.25, 0.3) is 0 Å². The second-order valence-electron chi connectivity index (χ2n) is 11.7. The summed E-state index contributed by atoms with van der Waals surface area (Å²) in [6.45, 7) is 0. The number of carboxylic acid groups (broad SMARTS) is 1. The minimum Gasteiger partial charge on any atom is -0.476 e. The van der Waals surface area contributed by atoms with Crippen molar-refractivity contribution >= 4 is 39.8 Å². The molecule has 0 atom stereocenters. The zero-order chi connectivity index (χ0) is 35.1. The van der Waals surface area contributed by atoms with Gasteiger partial charge in [0, 0.05) is 16.7 Å². The molecule has 0 amide bonds. The topological polar surface area (TPSA) is 83.8 Å². The van der Waals surface area contributed by atoms with Crippen LogP contribution in [-0.4, -0.2) is 21.8 Å². The zero-order valence-corrected chi connectivity index (χ0v) is 28.8. The first-order valence-corrected chi connectivity index (χ1v) is 17.5. The predicted molar refractivity (Wildman–Crippen MR) is 204 cm³/mol. The minimum absolute atomic E-state index is 0.0113. The van der Waals surface area contributed by atoms with Crippen molar-refractivity contribution in [3.8, 4) is 0 Å². The molecule has 0 spiro atoms. The van der Waals surface area contributed by atoms with E-state index in [0.29, 0.717) is 5.13 Å². The first-order valence-electron chi connectivity index (χ1n) is 16.3. The molecule has 0 aliphatic carbocycles. The third-order valence-electron chi connectivity index (χ3n) is 8.74. The van der Waals surface area contributed by atoms with E-state index in [2.05, 4.69) is 46.9 Å². The molecule has 6 aromatic carbocycles. The van der Waals surface area contributed by atoms with Crippen molar-refractivity contribution in [2.24, 2.45) is 5.16 Å². The van der Waals surface area contributed by atoms with E-state index in [4.69, 9.17) is 21.4 Å². The molecular weight excluding hydrogens is 674 g/mol. The Morgan fingerprint density at radius 2 is 0.922 bits per heavy atom. The fourth-order valence-corrected chi connectivity index (χ4v) is 7.52. The highest BCUT2D eigenvalue weighted by molar-refractivity contribution is 7.20. The molecule has 0 radical (unpaired) electrons. The Hall–Kier alpha value is -6.02. The smallest absolute Gasteiger partial charge is 0.360 e. The molecule has 0 fully saturated rings. The van der Waals surface area contributed by atoms with E-state index in [1.165, 1.54) is 0 Å². The number of nitrogens with zero attached hydrogens (tertiary/aromatic N) is 2. The summed E-state index contributed by atoms with van der Waals surface area (Å²) in [5.74, 6) is -1.34. The highest BCUT2D eigenvalue weighted by atomic mass is 35.5. The molecule has 0 aliphatic heterocycles. The Labute approximate surface area is 305 Å². The third-order valence-corrected chi connectivity index (χ3v) is 9.91. The summed E-state index contributed by atoms with van der Waals surface area (Å²) in [6, 6.07) is 59.0. The van der Waals surface area contributed by atoms with E-state index in [9.17, 15) is 9.90 Å². The predicted octanol–water partition coefficient (Wildman–Crippen LogP) is 10.00. The van der Waals surface area contributed by atoms with Crippen LogP contribution in [0, 0.1) is 0 Å². The fourth-order valence-electron chi connectivity index (χ4n) is 6.42. The first kappa shape index (κ1) is 33.5. The van der Waals surface area contributed by atoms with Crippen LogP contribution < -0.4 is 5.32 Å². The van der Waals surface area contributed by atoms with Crippen molar-refractivity contribution in [2.45, 2.75) is 11.1 Å². The zero-order valence-electron chi connectivity index (χ0n) is 27.3. The number of benzene rings is 6. The molecule has 7 aromatic rings. The lowest BCUT2D eigenvalue weighted by Crippen LogP contribution is -2.38. The number of rotatable bonds is 12. The van der Waals surface area contributed by atoms with Crippen molar-refractivity contribution in [1.82, 2.24) is 4.98 Å². The fraction of sp³-hybridized carbons (Fsp3) is 0.0465. The van der Waals surface area contributed by atoms with Gasteiger partial charge in [-0.25, -0.2) is 9.78 Å². The number of aliphatic carboxylic acids is 1. The lowest BCUT2D eigenvalue weighted by molar-refractivity contribution is -0.129. The molecule has 51 heavy (non-hydrogen) atoms. The summed E-state index contributed by atoms with van der Waals surface area (Å²) in [5.41, 5.74) is 2.55. The summed E-state index contributed by atoms with van der Waals surface area (Å²) in [6.07, 6.45) is 0. The second kappa shape index (κ2) is 14.8. The van der Waals surface area contributed by atoms with Gasteiger partial charge in [-0.1, -0.05) is 210 Å². The van der Waals surface area contributed by atoms with Crippen LogP contribution >= 0.6 is 22.9 Å². The number of anilines is 1. The van der Waals surface area contributed by atoms with Crippen molar-refractivity contribution in [3.63, 3.8) is 0 Å². The highest BCUT2D eigenvalue weighted by Crippen LogP contribution is 2.43. The molecule has 1 heterocycles. The van der Waals surface area contributed by atoms with Crippen molar-refractivity contribution in [3.05, 3.63) is 225 Å². The van der Waals surface area contributed by atoms with Crippen molar-refractivity contribution < 1.29 is 14.7 Å². The maximum absolute atomic E-state index is 13.0. The lowest BCUT2D eigenvalue weighted by atomic mass is 9.77. The number of hydrogen-bond acceptors (Lipinski definition) is 6. The van der Waals surface area contributed by atoms with E-state index in [1.54, 1.807) is 0 Å². The number of nitrogens with one attached hydrogen (secondary N) is 1. The molecule has 0 unspecified atom stereocenters. The van der Waals surface area contributed by atoms with Gasteiger partial charge in [0.05, 0.1) is 0 Å². The number of carboxylic acids is 1. The van der Waals surface area contributed by atoms with E-state index >= 15 is 0 Å². The number of hydrogen-bond donors (Lipinski definition) is 2. The summed E-state index contributed by atoms with van der Waals surface area (Å²) in [4.78, 5) is 24.3. The van der Waals surface area contributed by atoms with Gasteiger partial charge in [0.15, 0.2) is 5.13 Å². The van der Waals surface area contributed by atoms with Gasteiger partial charge in [0.1, 0.15) is 15.6 Å². The van der Waals surface area contributed by atoms with E-state index < -0.39 is 22.8 Å². The number of carbonyl (C=O) groups is 1. The van der Waals surface area contributed by atoms with Crippen LogP contribution in [0.3, 0.4) is 0 Å². The van der Waals surface area contributed by atoms with Gasteiger partial charge in [-0.3, -0.25) is 0 Å². The van der Waals surface area contributed by atoms with Gasteiger partial charge in [0.2, 0.25) is 11.3 Å². The number of aromatic nitrogens is 1. The monoisotopic (exact) mass is 705 g/mol. The van der Waals surface area contributed by atoms with Crippen molar-refractivity contribution in [2.75, 3.05) is 5.32 Å². The van der Waals surface area contributed by atoms with Crippen LogP contribution in [0.1, 0.15) is 39.1 Å². The van der Waals surface area contributed by atoms with E-state index in [1.807, 2.05) is 146 Å². The molecule has 1 aromatic heterocycles. The Balaban J connectivity index is 1.37. The molecule has 0 bridgehead atoms. The summed E-state index contributed by atoms with van der Waals surface area (Å²) in [5, 5.41) is 19.1. The quantitative estimate of drug-likeness (QED) is 0.0751. The minimum atomic E-state index is -1.34. The van der Waals surface area contributed by atoms with Gasteiger partial charge >= 0.3 is 5.97 Å². The molecule has 8 heteroatoms. The van der Waals surface area contributed by atoms with Gasteiger partial charge < -0.3 is 15.3 Å². The molecule has 6 nitrogen and oxygen atoms in total. The van der Waals surface area contributed by atoms with E-state index in [-0.39, 0.29) is 10.0 Å². The Bertz CT molecular complexity index is 2040. The molecular formula is C43H32ClN3O3S. The summed E-state index contributed by atoms with van der Waals surface area (Å²) < 4.78 is 0.148. The van der Waals surface area contributed by atoms with Crippen LogP contribution in [0.15, 0.2) is 187 Å². The number of thiazole rings is 1. The SMILES string of the molecule is O=C(O)C(=NOC(c1ccccc1)(c1ccccc1)c1ccccc1)c1nc(NC(c2ccccc2)(c2ccccc2)c2ccccc2)sc1Cl. The van der Waals surface area contributed by atoms with Crippen molar-refractivity contribution in [1.29, 1.82) is 0 Å². The lowest BCUT2D eigenvalue weighted by Gasteiger charge is -2.36. The van der Waals surface area contributed by atoms with Gasteiger partial charge in [-0.15, -0.1) is 0 Å². The van der Waals surface area contributed by atoms with Gasteiger partial charge in [-0.05, 0) is 16.7 Å². The highest BCUT2D eigenvalue weighted by Gasteiger charge is 2.41. The van der Waals surface area contributed by atoms with Crippen LogP contribution in [0.2, 0.25) is 4.34 Å². The molecule has 250 valence electrons. The largest absolute Gasteiger partial charge is 0.476 e. The number of halogens is 1. The Morgan fingerprint density at radius 1 is 0.588 bits per heavy atom. The van der Waals surface area contributed by atoms with Crippen LogP contribution in [0.5, 0.6) is 0 Å². The Kier molecular flexibility index (Phi) is 9.74. The first-order chi connectivity index (χ1) is 25.0. The standard InChI is InChI=1S/C43H32ClN3O3S/c44-39-37(45-41(51-39)46-42(31-19-7-1-8-20-31,32-21-9-2-10-22-32)33-23-11-3-12-24-33)38(40(48)49)47-50-43(34-25-13-4-14-26-34,35-27-15-5-16-28-35)36-29-17-6-18-30-36/h1-30H,(H,45,46)(H,48,49). The van der Waals surface area contributed by atoms with Gasteiger partial charge in [-0.2, -0.15) is 0 Å². The average Bonchev–Trinajstić information content (AvgIpc) is 3.56.